The Morgan fingerprint density at radius 3 is 2.89 bits per heavy atom. The minimum atomic E-state index is -0.164. The number of nitrogens with zero attached hydrogens (tertiary/aromatic N) is 2. The lowest BCUT2D eigenvalue weighted by atomic mass is 10.1. The predicted octanol–water partition coefficient (Wildman–Crippen LogP) is 2.63. The highest BCUT2D eigenvalue weighted by Gasteiger charge is 2.20. The molecule has 0 unspecified atom stereocenters. The second-order valence-electron chi connectivity index (χ2n) is 5.24. The normalized spacial score (nSPS) is 14.8. The van der Waals surface area contributed by atoms with Gasteiger partial charge in [0.2, 0.25) is 0 Å². The third kappa shape index (κ3) is 3.20. The molecule has 0 aliphatic heterocycles. The summed E-state index contributed by atoms with van der Waals surface area (Å²) in [5, 5.41) is 7.74. The summed E-state index contributed by atoms with van der Waals surface area (Å²) < 4.78 is 15.6. The third-order valence-electron chi connectivity index (χ3n) is 3.39. The minimum Gasteiger partial charge on any atom is -0.310 e. The fourth-order valence-corrected chi connectivity index (χ4v) is 2.13. The molecule has 0 atom stereocenters. The molecule has 1 aliphatic rings. The average Bonchev–Trinajstić information content (AvgIpc) is 3.13. The van der Waals surface area contributed by atoms with Crippen molar-refractivity contribution in [2.45, 2.75) is 38.9 Å². The zero-order chi connectivity index (χ0) is 13.2. The fourth-order valence-electron chi connectivity index (χ4n) is 2.13. The maximum atomic E-state index is 13.8. The Balaban J connectivity index is 1.72. The van der Waals surface area contributed by atoms with E-state index in [2.05, 4.69) is 10.4 Å². The van der Waals surface area contributed by atoms with Gasteiger partial charge >= 0.3 is 0 Å². The van der Waals surface area contributed by atoms with Gasteiger partial charge < -0.3 is 5.32 Å². The van der Waals surface area contributed by atoms with Gasteiger partial charge in [-0.05, 0) is 43.5 Å². The molecule has 0 bridgehead atoms. The van der Waals surface area contributed by atoms with Crippen molar-refractivity contribution in [1.29, 1.82) is 0 Å². The van der Waals surface area contributed by atoms with Crippen LogP contribution < -0.4 is 5.32 Å². The highest BCUT2D eigenvalue weighted by Crippen LogP contribution is 2.20. The monoisotopic (exact) mass is 259 g/mol. The largest absolute Gasteiger partial charge is 0.310 e. The number of benzene rings is 1. The molecule has 1 aromatic heterocycles. The van der Waals surface area contributed by atoms with Crippen LogP contribution in [-0.2, 0) is 13.1 Å². The standard InChI is InChI=1S/C15H18FN3/c1-11-6-7-19(18-11)10-13-8-12(2-5-15(13)16)9-17-14-3-4-14/h2,5-8,14,17H,3-4,9-10H2,1H3. The van der Waals surface area contributed by atoms with Crippen molar-refractivity contribution in [3.8, 4) is 0 Å². The van der Waals surface area contributed by atoms with E-state index < -0.39 is 0 Å². The van der Waals surface area contributed by atoms with Gasteiger partial charge in [-0.3, -0.25) is 4.68 Å². The average molecular weight is 259 g/mol. The number of hydrogen-bond acceptors (Lipinski definition) is 2. The first-order chi connectivity index (χ1) is 9.20. The van der Waals surface area contributed by atoms with E-state index in [0.717, 1.165) is 17.8 Å². The smallest absolute Gasteiger partial charge is 0.128 e. The van der Waals surface area contributed by atoms with Crippen LogP contribution in [0.2, 0.25) is 0 Å². The fraction of sp³-hybridized carbons (Fsp3) is 0.400. The van der Waals surface area contributed by atoms with E-state index in [1.54, 1.807) is 10.7 Å². The van der Waals surface area contributed by atoms with Crippen LogP contribution in [0.15, 0.2) is 30.5 Å². The summed E-state index contributed by atoms with van der Waals surface area (Å²) in [6.45, 7) is 3.23. The SMILES string of the molecule is Cc1ccn(Cc2cc(CNC3CC3)ccc2F)n1. The highest BCUT2D eigenvalue weighted by atomic mass is 19.1. The molecule has 0 saturated heterocycles. The van der Waals surface area contributed by atoms with Crippen LogP contribution in [0.4, 0.5) is 4.39 Å². The molecule has 1 saturated carbocycles. The van der Waals surface area contributed by atoms with Gasteiger partial charge in [0.25, 0.3) is 0 Å². The van der Waals surface area contributed by atoms with Crippen LogP contribution >= 0.6 is 0 Å². The second kappa shape index (κ2) is 5.13. The van der Waals surface area contributed by atoms with Crippen molar-refractivity contribution in [3.63, 3.8) is 0 Å². The quantitative estimate of drug-likeness (QED) is 0.894. The molecule has 4 heteroatoms. The first kappa shape index (κ1) is 12.4. The van der Waals surface area contributed by atoms with Crippen LogP contribution in [0.3, 0.4) is 0 Å². The second-order valence-corrected chi connectivity index (χ2v) is 5.24. The Hall–Kier alpha value is -1.68. The van der Waals surface area contributed by atoms with Crippen molar-refractivity contribution in [2.75, 3.05) is 0 Å². The molecular formula is C15H18FN3. The Morgan fingerprint density at radius 1 is 1.37 bits per heavy atom. The summed E-state index contributed by atoms with van der Waals surface area (Å²) in [4.78, 5) is 0. The predicted molar refractivity (Wildman–Crippen MR) is 72.3 cm³/mol. The molecule has 0 spiro atoms. The molecule has 1 N–H and O–H groups in total. The molecule has 1 aliphatic carbocycles. The van der Waals surface area contributed by atoms with E-state index >= 15 is 0 Å². The van der Waals surface area contributed by atoms with Crippen LogP contribution in [0, 0.1) is 12.7 Å². The minimum absolute atomic E-state index is 0.164. The van der Waals surface area contributed by atoms with E-state index in [-0.39, 0.29) is 5.82 Å². The summed E-state index contributed by atoms with van der Waals surface area (Å²) in [6, 6.07) is 7.93. The molecule has 1 aromatic carbocycles. The van der Waals surface area contributed by atoms with E-state index in [1.165, 1.54) is 12.8 Å². The maximum absolute atomic E-state index is 13.8. The maximum Gasteiger partial charge on any atom is 0.128 e. The van der Waals surface area contributed by atoms with Crippen molar-refractivity contribution in [3.05, 3.63) is 53.1 Å². The van der Waals surface area contributed by atoms with E-state index in [1.807, 2.05) is 31.3 Å². The Morgan fingerprint density at radius 2 is 2.21 bits per heavy atom. The summed E-state index contributed by atoms with van der Waals surface area (Å²) >= 11 is 0. The highest BCUT2D eigenvalue weighted by molar-refractivity contribution is 5.25. The molecule has 2 aromatic rings. The third-order valence-corrected chi connectivity index (χ3v) is 3.39. The molecule has 1 heterocycles. The zero-order valence-corrected chi connectivity index (χ0v) is 11.1. The number of halogens is 1. The van der Waals surface area contributed by atoms with Crippen molar-refractivity contribution in [1.82, 2.24) is 15.1 Å². The lowest BCUT2D eigenvalue weighted by Gasteiger charge is -2.08. The van der Waals surface area contributed by atoms with Gasteiger partial charge in [-0.25, -0.2) is 4.39 Å². The number of aromatic nitrogens is 2. The molecule has 100 valence electrons. The molecule has 19 heavy (non-hydrogen) atoms. The van der Waals surface area contributed by atoms with Gasteiger partial charge in [-0.2, -0.15) is 5.10 Å². The molecule has 3 nitrogen and oxygen atoms in total. The van der Waals surface area contributed by atoms with Gasteiger partial charge in [-0.15, -0.1) is 0 Å². The molecule has 0 radical (unpaired) electrons. The summed E-state index contributed by atoms with van der Waals surface area (Å²) in [7, 11) is 0. The number of aryl methyl sites for hydroxylation is 1. The Labute approximate surface area is 112 Å². The topological polar surface area (TPSA) is 29.9 Å². The number of rotatable bonds is 5. The Bertz CT molecular complexity index is 573. The van der Waals surface area contributed by atoms with Crippen LogP contribution in [-0.4, -0.2) is 15.8 Å². The van der Waals surface area contributed by atoms with Gasteiger partial charge in [0.1, 0.15) is 5.82 Å². The van der Waals surface area contributed by atoms with Gasteiger partial charge in [0.15, 0.2) is 0 Å². The van der Waals surface area contributed by atoms with Crippen LogP contribution in [0.5, 0.6) is 0 Å². The molecule has 1 fully saturated rings. The summed E-state index contributed by atoms with van der Waals surface area (Å²) in [5.74, 6) is -0.164. The van der Waals surface area contributed by atoms with Crippen molar-refractivity contribution < 1.29 is 4.39 Å². The summed E-state index contributed by atoms with van der Waals surface area (Å²) in [6.07, 6.45) is 4.41. The number of hydrogen-bond donors (Lipinski definition) is 1. The van der Waals surface area contributed by atoms with Gasteiger partial charge in [0, 0.05) is 24.3 Å². The summed E-state index contributed by atoms with van der Waals surface area (Å²) in [5.41, 5.74) is 2.78. The van der Waals surface area contributed by atoms with Gasteiger partial charge in [0.05, 0.1) is 12.2 Å². The first-order valence-corrected chi connectivity index (χ1v) is 6.71. The first-order valence-electron chi connectivity index (χ1n) is 6.71. The molecular weight excluding hydrogens is 241 g/mol. The van der Waals surface area contributed by atoms with Crippen LogP contribution in [0.1, 0.15) is 29.7 Å². The molecule has 3 rings (SSSR count). The van der Waals surface area contributed by atoms with Crippen molar-refractivity contribution >= 4 is 0 Å². The van der Waals surface area contributed by atoms with E-state index in [4.69, 9.17) is 0 Å². The van der Waals surface area contributed by atoms with E-state index in [9.17, 15) is 4.39 Å². The Kier molecular flexibility index (Phi) is 3.34. The zero-order valence-electron chi connectivity index (χ0n) is 11.1. The lowest BCUT2D eigenvalue weighted by molar-refractivity contribution is 0.581. The van der Waals surface area contributed by atoms with Crippen molar-refractivity contribution in [2.24, 2.45) is 0 Å². The van der Waals surface area contributed by atoms with E-state index in [0.29, 0.717) is 18.2 Å². The lowest BCUT2D eigenvalue weighted by Crippen LogP contribution is -2.15. The number of nitrogens with one attached hydrogen (secondary N) is 1. The van der Waals surface area contributed by atoms with Gasteiger partial charge in [-0.1, -0.05) is 6.07 Å². The van der Waals surface area contributed by atoms with Crippen LogP contribution in [0.25, 0.3) is 0 Å². The molecule has 0 amide bonds.